The number of nitrogens with zero attached hydrogens (tertiary/aromatic N) is 1. The van der Waals surface area contributed by atoms with Gasteiger partial charge in [0.2, 0.25) is 5.91 Å². The van der Waals surface area contributed by atoms with Gasteiger partial charge >= 0.3 is 6.18 Å². The van der Waals surface area contributed by atoms with Crippen LogP contribution >= 0.6 is 0 Å². The Morgan fingerprint density at radius 1 is 1.16 bits per heavy atom. The van der Waals surface area contributed by atoms with Gasteiger partial charge in [-0.25, -0.2) is 0 Å². The van der Waals surface area contributed by atoms with Crippen LogP contribution in [0, 0.1) is 0 Å². The van der Waals surface area contributed by atoms with Crippen LogP contribution in [0.4, 0.5) is 24.5 Å². The molecule has 0 aliphatic heterocycles. The molecule has 2 aromatic carbocycles. The molecule has 0 fully saturated rings. The molecule has 0 radical (unpaired) electrons. The Labute approximate surface area is 144 Å². The molecule has 1 amide bonds. The van der Waals surface area contributed by atoms with E-state index in [1.165, 1.54) is 6.07 Å². The van der Waals surface area contributed by atoms with E-state index >= 15 is 0 Å². The van der Waals surface area contributed by atoms with Crippen molar-refractivity contribution in [2.75, 3.05) is 24.1 Å². The molecule has 134 valence electrons. The number of likely N-dealkylation sites (N-methyl/N-ethyl adjacent to an activating group) is 1. The van der Waals surface area contributed by atoms with Gasteiger partial charge in [-0.3, -0.25) is 9.69 Å². The summed E-state index contributed by atoms with van der Waals surface area (Å²) < 4.78 is 38.6. The summed E-state index contributed by atoms with van der Waals surface area (Å²) in [5.74, 6) is -0.379. The first-order chi connectivity index (χ1) is 11.8. The molecule has 0 atom stereocenters. The Balaban J connectivity index is 2.01. The highest BCUT2D eigenvalue weighted by Gasteiger charge is 2.33. The van der Waals surface area contributed by atoms with Gasteiger partial charge in [0.25, 0.3) is 0 Å². The SMILES string of the molecule is CCN(CC(=O)Nc1ccc(N)c(C(F)(F)F)c1)Cc1ccccc1. The van der Waals surface area contributed by atoms with Crippen molar-refractivity contribution in [2.45, 2.75) is 19.6 Å². The predicted octanol–water partition coefficient (Wildman–Crippen LogP) is 3.75. The highest BCUT2D eigenvalue weighted by molar-refractivity contribution is 5.92. The van der Waals surface area contributed by atoms with Gasteiger partial charge in [0.05, 0.1) is 12.1 Å². The first-order valence-corrected chi connectivity index (χ1v) is 7.82. The summed E-state index contributed by atoms with van der Waals surface area (Å²) in [4.78, 5) is 14.0. The van der Waals surface area contributed by atoms with Crippen LogP contribution in [0.2, 0.25) is 0 Å². The van der Waals surface area contributed by atoms with E-state index < -0.39 is 11.7 Å². The van der Waals surface area contributed by atoms with Crippen molar-refractivity contribution < 1.29 is 18.0 Å². The lowest BCUT2D eigenvalue weighted by atomic mass is 10.1. The van der Waals surface area contributed by atoms with E-state index in [0.29, 0.717) is 13.1 Å². The Morgan fingerprint density at radius 3 is 2.44 bits per heavy atom. The minimum Gasteiger partial charge on any atom is -0.398 e. The molecule has 2 aromatic rings. The number of carbonyl (C=O) groups is 1. The van der Waals surface area contributed by atoms with Gasteiger partial charge in [0.15, 0.2) is 0 Å². The standard InChI is InChI=1S/C18H20F3N3O/c1-2-24(11-13-6-4-3-5-7-13)12-17(25)23-14-8-9-16(22)15(10-14)18(19,20)21/h3-10H,2,11-12,22H2,1H3,(H,23,25). The third-order valence-corrected chi connectivity index (χ3v) is 3.71. The fourth-order valence-corrected chi connectivity index (χ4v) is 2.40. The van der Waals surface area contributed by atoms with Crippen molar-refractivity contribution in [3.63, 3.8) is 0 Å². The number of nitrogens with two attached hydrogens (primary N) is 1. The Morgan fingerprint density at radius 2 is 1.84 bits per heavy atom. The zero-order valence-electron chi connectivity index (χ0n) is 13.8. The molecule has 0 heterocycles. The average Bonchev–Trinajstić information content (AvgIpc) is 2.56. The van der Waals surface area contributed by atoms with Crippen LogP contribution < -0.4 is 11.1 Å². The number of carbonyl (C=O) groups excluding carboxylic acids is 1. The summed E-state index contributed by atoms with van der Waals surface area (Å²) in [6.45, 7) is 3.22. The van der Waals surface area contributed by atoms with Gasteiger partial charge in [-0.1, -0.05) is 37.3 Å². The molecule has 3 N–H and O–H groups in total. The van der Waals surface area contributed by atoms with Crippen molar-refractivity contribution in [1.82, 2.24) is 4.90 Å². The molecular formula is C18H20F3N3O. The summed E-state index contributed by atoms with van der Waals surface area (Å²) in [5, 5.41) is 2.50. The summed E-state index contributed by atoms with van der Waals surface area (Å²) in [7, 11) is 0. The fourth-order valence-electron chi connectivity index (χ4n) is 2.40. The quantitative estimate of drug-likeness (QED) is 0.780. The zero-order valence-corrected chi connectivity index (χ0v) is 13.8. The largest absolute Gasteiger partial charge is 0.418 e. The van der Waals surface area contributed by atoms with Gasteiger partial charge in [-0.15, -0.1) is 0 Å². The van der Waals surface area contributed by atoms with Gasteiger partial charge < -0.3 is 11.1 Å². The molecule has 0 saturated heterocycles. The van der Waals surface area contributed by atoms with Crippen molar-refractivity contribution in [3.8, 4) is 0 Å². The van der Waals surface area contributed by atoms with Gasteiger partial charge in [0.1, 0.15) is 0 Å². The number of anilines is 2. The third kappa shape index (κ3) is 5.49. The van der Waals surface area contributed by atoms with Crippen LogP contribution in [0.25, 0.3) is 0 Å². The van der Waals surface area contributed by atoms with E-state index in [1.54, 1.807) is 0 Å². The van der Waals surface area contributed by atoms with Crippen LogP contribution in [0.5, 0.6) is 0 Å². The number of halogens is 3. The number of alkyl halides is 3. The lowest BCUT2D eigenvalue weighted by Crippen LogP contribution is -2.32. The van der Waals surface area contributed by atoms with Crippen molar-refractivity contribution in [3.05, 3.63) is 59.7 Å². The van der Waals surface area contributed by atoms with E-state index in [-0.39, 0.29) is 23.8 Å². The monoisotopic (exact) mass is 351 g/mol. The maximum absolute atomic E-state index is 12.9. The van der Waals surface area contributed by atoms with E-state index in [4.69, 9.17) is 5.73 Å². The number of rotatable bonds is 6. The predicted molar refractivity (Wildman–Crippen MR) is 91.9 cm³/mol. The number of benzene rings is 2. The second-order valence-electron chi connectivity index (χ2n) is 5.64. The normalized spacial score (nSPS) is 11.6. The minimum absolute atomic E-state index is 0.0716. The number of nitrogens with one attached hydrogen (secondary N) is 1. The number of amides is 1. The molecule has 25 heavy (non-hydrogen) atoms. The van der Waals surface area contributed by atoms with Crippen molar-refractivity contribution in [1.29, 1.82) is 0 Å². The first kappa shape index (κ1) is 18.8. The third-order valence-electron chi connectivity index (χ3n) is 3.71. The topological polar surface area (TPSA) is 58.4 Å². The summed E-state index contributed by atoms with van der Waals surface area (Å²) in [6.07, 6.45) is -4.56. The lowest BCUT2D eigenvalue weighted by Gasteiger charge is -2.20. The zero-order chi connectivity index (χ0) is 18.4. The maximum atomic E-state index is 12.9. The Bertz CT molecular complexity index is 717. The van der Waals surface area contributed by atoms with Crippen molar-refractivity contribution >= 4 is 17.3 Å². The van der Waals surface area contributed by atoms with E-state index in [0.717, 1.165) is 17.7 Å². The Hall–Kier alpha value is -2.54. The molecule has 0 aliphatic rings. The average molecular weight is 351 g/mol. The second-order valence-corrected chi connectivity index (χ2v) is 5.64. The number of hydrogen-bond acceptors (Lipinski definition) is 3. The fraction of sp³-hybridized carbons (Fsp3) is 0.278. The highest BCUT2D eigenvalue weighted by atomic mass is 19.4. The molecule has 0 saturated carbocycles. The van der Waals surface area contributed by atoms with Crippen LogP contribution in [-0.2, 0) is 17.5 Å². The molecule has 7 heteroatoms. The minimum atomic E-state index is -4.56. The van der Waals surface area contributed by atoms with Gasteiger partial charge in [-0.05, 0) is 30.3 Å². The molecular weight excluding hydrogens is 331 g/mol. The smallest absolute Gasteiger partial charge is 0.398 e. The van der Waals surface area contributed by atoms with E-state index in [2.05, 4.69) is 5.32 Å². The molecule has 0 unspecified atom stereocenters. The van der Waals surface area contributed by atoms with Crippen LogP contribution in [0.15, 0.2) is 48.5 Å². The van der Waals surface area contributed by atoms with Crippen LogP contribution in [0.1, 0.15) is 18.1 Å². The van der Waals surface area contributed by atoms with Crippen LogP contribution in [-0.4, -0.2) is 23.9 Å². The van der Waals surface area contributed by atoms with Crippen LogP contribution in [0.3, 0.4) is 0 Å². The van der Waals surface area contributed by atoms with E-state index in [1.807, 2.05) is 42.2 Å². The van der Waals surface area contributed by atoms with Gasteiger partial charge in [-0.2, -0.15) is 13.2 Å². The number of hydrogen-bond donors (Lipinski definition) is 2. The number of nitrogen functional groups attached to an aromatic ring is 1. The van der Waals surface area contributed by atoms with Crippen molar-refractivity contribution in [2.24, 2.45) is 0 Å². The van der Waals surface area contributed by atoms with E-state index in [9.17, 15) is 18.0 Å². The van der Waals surface area contributed by atoms with Gasteiger partial charge in [0, 0.05) is 17.9 Å². The summed E-state index contributed by atoms with van der Waals surface area (Å²) in [6, 6.07) is 13.0. The summed E-state index contributed by atoms with van der Waals surface area (Å²) >= 11 is 0. The molecule has 0 spiro atoms. The molecule has 4 nitrogen and oxygen atoms in total. The Kier molecular flexibility index (Phi) is 6.03. The molecule has 0 aromatic heterocycles. The lowest BCUT2D eigenvalue weighted by molar-refractivity contribution is -0.137. The maximum Gasteiger partial charge on any atom is 0.418 e. The second kappa shape index (κ2) is 8.02. The molecule has 0 aliphatic carbocycles. The molecule has 2 rings (SSSR count). The first-order valence-electron chi connectivity index (χ1n) is 7.82. The summed E-state index contributed by atoms with van der Waals surface area (Å²) in [5.41, 5.74) is 5.16. The highest BCUT2D eigenvalue weighted by Crippen LogP contribution is 2.35. The molecule has 0 bridgehead atoms.